The number of piperidine rings is 1. The topological polar surface area (TPSA) is 95.6 Å². The molecule has 2 heterocycles. The fourth-order valence-electron chi connectivity index (χ4n) is 2.92. The molecule has 2 fully saturated rings. The molecule has 2 aliphatic rings. The van der Waals surface area contributed by atoms with Gasteiger partial charge in [0.15, 0.2) is 0 Å². The molecule has 1 aromatic rings. The quantitative estimate of drug-likeness (QED) is 0.799. The van der Waals surface area contributed by atoms with Crippen LogP contribution in [0.1, 0.15) is 24.0 Å². The lowest BCUT2D eigenvalue weighted by molar-refractivity contribution is -0.121. The fourth-order valence-corrected chi connectivity index (χ4v) is 4.44. The van der Waals surface area contributed by atoms with Gasteiger partial charge in [-0.1, -0.05) is 12.1 Å². The molecule has 1 aromatic carbocycles. The maximum Gasteiger partial charge on any atom is 0.230 e. The molecule has 0 aromatic heterocycles. The summed E-state index contributed by atoms with van der Waals surface area (Å²) in [6, 6.07) is 5.31. The molecule has 2 saturated heterocycles. The Hall–Kier alpha value is -1.77. The average Bonchev–Trinajstić information content (AvgIpc) is 2.49. The molecule has 2 N–H and O–H groups in total. The Morgan fingerprint density at radius 2 is 1.96 bits per heavy atom. The van der Waals surface area contributed by atoms with E-state index in [-0.39, 0.29) is 49.3 Å². The summed E-state index contributed by atoms with van der Waals surface area (Å²) in [4.78, 5) is 23.4. The van der Waals surface area contributed by atoms with E-state index in [4.69, 9.17) is 0 Å². The standard InChI is InChI=1S/C17H23N3O4S/c1-12-2-3-13(8-16(12)19-17(22)14-9-18-10-14)11-25(23,24)20-6-4-15(21)5-7-20/h2-3,8,14,18H,4-7,9-11H2,1H3,(H,19,22). The van der Waals surface area contributed by atoms with Gasteiger partial charge in [-0.2, -0.15) is 0 Å². The second-order valence-electron chi connectivity index (χ2n) is 6.69. The number of benzene rings is 1. The first-order valence-electron chi connectivity index (χ1n) is 8.46. The zero-order valence-electron chi connectivity index (χ0n) is 14.2. The number of hydrogen-bond acceptors (Lipinski definition) is 5. The van der Waals surface area contributed by atoms with Crippen LogP contribution in [0.5, 0.6) is 0 Å². The third kappa shape index (κ3) is 4.26. The van der Waals surface area contributed by atoms with Crippen LogP contribution >= 0.6 is 0 Å². The van der Waals surface area contributed by atoms with Crippen molar-refractivity contribution in [3.8, 4) is 0 Å². The highest BCUT2D eigenvalue weighted by Crippen LogP contribution is 2.22. The van der Waals surface area contributed by atoms with Gasteiger partial charge in [-0.25, -0.2) is 12.7 Å². The molecule has 0 spiro atoms. The first kappa shape index (κ1) is 18.0. The molecule has 0 atom stereocenters. The molecule has 1 amide bonds. The van der Waals surface area contributed by atoms with E-state index < -0.39 is 10.0 Å². The van der Waals surface area contributed by atoms with Crippen molar-refractivity contribution in [1.29, 1.82) is 0 Å². The molecule has 0 bridgehead atoms. The maximum absolute atomic E-state index is 12.6. The second kappa shape index (κ2) is 7.23. The Balaban J connectivity index is 1.70. The van der Waals surface area contributed by atoms with Crippen molar-refractivity contribution in [2.45, 2.75) is 25.5 Å². The third-order valence-corrected chi connectivity index (χ3v) is 6.58. The van der Waals surface area contributed by atoms with Gasteiger partial charge in [-0.15, -0.1) is 0 Å². The fraction of sp³-hybridized carbons (Fsp3) is 0.529. The number of ketones is 1. The van der Waals surface area contributed by atoms with Crippen molar-refractivity contribution in [2.75, 3.05) is 31.5 Å². The Kier molecular flexibility index (Phi) is 5.21. The van der Waals surface area contributed by atoms with E-state index in [1.807, 2.05) is 13.0 Å². The van der Waals surface area contributed by atoms with Crippen molar-refractivity contribution in [1.82, 2.24) is 9.62 Å². The lowest BCUT2D eigenvalue weighted by Crippen LogP contribution is -2.48. The van der Waals surface area contributed by atoms with Gasteiger partial charge >= 0.3 is 0 Å². The Morgan fingerprint density at radius 1 is 1.28 bits per heavy atom. The molecule has 7 nitrogen and oxygen atoms in total. The summed E-state index contributed by atoms with van der Waals surface area (Å²) in [5, 5.41) is 5.95. The van der Waals surface area contributed by atoms with Crippen LogP contribution in [0.4, 0.5) is 5.69 Å². The first-order valence-corrected chi connectivity index (χ1v) is 10.1. The highest BCUT2D eigenvalue weighted by atomic mass is 32.2. The van der Waals surface area contributed by atoms with Crippen molar-refractivity contribution >= 4 is 27.4 Å². The Bertz CT molecular complexity index is 777. The minimum atomic E-state index is -3.47. The van der Waals surface area contributed by atoms with E-state index in [1.165, 1.54) is 4.31 Å². The summed E-state index contributed by atoms with van der Waals surface area (Å²) in [5.74, 6) is -0.0960. The molecule has 2 aliphatic heterocycles. The van der Waals surface area contributed by atoms with Gasteiger partial charge in [-0.05, 0) is 24.1 Å². The monoisotopic (exact) mass is 365 g/mol. The molecular formula is C17H23N3O4S. The van der Waals surface area contributed by atoms with E-state index in [0.29, 0.717) is 24.3 Å². The summed E-state index contributed by atoms with van der Waals surface area (Å²) in [6.45, 7) is 3.74. The van der Waals surface area contributed by atoms with Gasteiger partial charge in [0.25, 0.3) is 0 Å². The number of carbonyl (C=O) groups excluding carboxylic acids is 2. The van der Waals surface area contributed by atoms with E-state index in [2.05, 4.69) is 10.6 Å². The van der Waals surface area contributed by atoms with Crippen LogP contribution in [-0.4, -0.2) is 50.6 Å². The minimum Gasteiger partial charge on any atom is -0.326 e. The number of aryl methyl sites for hydroxylation is 1. The highest BCUT2D eigenvalue weighted by molar-refractivity contribution is 7.88. The minimum absolute atomic E-state index is 0.0299. The molecule has 8 heteroatoms. The number of rotatable bonds is 5. The number of sulfonamides is 1. The largest absolute Gasteiger partial charge is 0.326 e. The molecule has 0 aliphatic carbocycles. The van der Waals surface area contributed by atoms with Gasteiger partial charge in [0.05, 0.1) is 11.7 Å². The lowest BCUT2D eigenvalue weighted by Gasteiger charge is -2.26. The second-order valence-corrected chi connectivity index (χ2v) is 8.66. The van der Waals surface area contributed by atoms with E-state index >= 15 is 0 Å². The average molecular weight is 365 g/mol. The van der Waals surface area contributed by atoms with Crippen LogP contribution in [0.25, 0.3) is 0 Å². The van der Waals surface area contributed by atoms with Gasteiger partial charge in [-0.3, -0.25) is 9.59 Å². The molecule has 0 saturated carbocycles. The summed E-state index contributed by atoms with van der Waals surface area (Å²) >= 11 is 0. The van der Waals surface area contributed by atoms with Crippen LogP contribution in [0, 0.1) is 12.8 Å². The van der Waals surface area contributed by atoms with Crippen LogP contribution in [-0.2, 0) is 25.4 Å². The number of carbonyl (C=O) groups is 2. The molecule has 136 valence electrons. The van der Waals surface area contributed by atoms with Gasteiger partial charge in [0, 0.05) is 44.7 Å². The number of nitrogens with one attached hydrogen (secondary N) is 2. The van der Waals surface area contributed by atoms with E-state index in [9.17, 15) is 18.0 Å². The van der Waals surface area contributed by atoms with Crippen molar-refractivity contribution in [2.24, 2.45) is 5.92 Å². The highest BCUT2D eigenvalue weighted by Gasteiger charge is 2.28. The van der Waals surface area contributed by atoms with Gasteiger partial charge < -0.3 is 10.6 Å². The van der Waals surface area contributed by atoms with Gasteiger partial charge in [0.1, 0.15) is 5.78 Å². The van der Waals surface area contributed by atoms with Crippen molar-refractivity contribution < 1.29 is 18.0 Å². The first-order chi connectivity index (χ1) is 11.8. The SMILES string of the molecule is Cc1ccc(CS(=O)(=O)N2CCC(=O)CC2)cc1NC(=O)C1CNC1. The summed E-state index contributed by atoms with van der Waals surface area (Å²) in [6.07, 6.45) is 0.563. The third-order valence-electron chi connectivity index (χ3n) is 4.73. The number of hydrogen-bond donors (Lipinski definition) is 2. The summed E-state index contributed by atoms with van der Waals surface area (Å²) < 4.78 is 26.5. The molecule has 25 heavy (non-hydrogen) atoms. The van der Waals surface area contributed by atoms with Crippen LogP contribution < -0.4 is 10.6 Å². The Labute approximate surface area is 147 Å². The van der Waals surface area contributed by atoms with Crippen molar-refractivity contribution in [3.63, 3.8) is 0 Å². The smallest absolute Gasteiger partial charge is 0.230 e. The predicted molar refractivity (Wildman–Crippen MR) is 94.6 cm³/mol. The molecule has 3 rings (SSSR count). The number of nitrogens with zero attached hydrogens (tertiary/aromatic N) is 1. The summed E-state index contributed by atoms with van der Waals surface area (Å²) in [7, 11) is -3.47. The number of amides is 1. The van der Waals surface area contributed by atoms with Gasteiger partial charge in [0.2, 0.25) is 15.9 Å². The van der Waals surface area contributed by atoms with E-state index in [0.717, 1.165) is 5.56 Å². The molecule has 0 unspecified atom stereocenters. The Morgan fingerprint density at radius 3 is 2.56 bits per heavy atom. The normalized spacial score (nSPS) is 19.5. The molecular weight excluding hydrogens is 342 g/mol. The zero-order chi connectivity index (χ0) is 18.0. The zero-order valence-corrected chi connectivity index (χ0v) is 15.1. The number of anilines is 1. The number of Topliss-reactive ketones (excluding diaryl/α,β-unsaturated/α-hetero) is 1. The summed E-state index contributed by atoms with van der Waals surface area (Å²) in [5.41, 5.74) is 2.17. The van der Waals surface area contributed by atoms with E-state index in [1.54, 1.807) is 12.1 Å². The maximum atomic E-state index is 12.6. The van der Waals surface area contributed by atoms with Crippen LogP contribution in [0.3, 0.4) is 0 Å². The van der Waals surface area contributed by atoms with Crippen LogP contribution in [0.15, 0.2) is 18.2 Å². The van der Waals surface area contributed by atoms with Crippen molar-refractivity contribution in [3.05, 3.63) is 29.3 Å². The predicted octanol–water partition coefficient (Wildman–Crippen LogP) is 0.648. The van der Waals surface area contributed by atoms with Crippen LogP contribution in [0.2, 0.25) is 0 Å². The lowest BCUT2D eigenvalue weighted by atomic mass is 10.0. The molecule has 0 radical (unpaired) electrons.